The fraction of sp³-hybridized carbons (Fsp3) is 0.375. The van der Waals surface area contributed by atoms with Crippen molar-refractivity contribution in [2.24, 2.45) is 5.73 Å². The molecule has 0 bridgehead atoms. The number of carbonyl (C=O) groups is 1. The van der Waals surface area contributed by atoms with Crippen molar-refractivity contribution in [3.05, 3.63) is 39.8 Å². The largest absolute Gasteiger partial charge is 0.325 e. The minimum Gasteiger partial charge on any atom is -0.325 e. The van der Waals surface area contributed by atoms with Gasteiger partial charge in [-0.2, -0.15) is 0 Å². The van der Waals surface area contributed by atoms with E-state index in [2.05, 4.69) is 15.0 Å². The second-order valence-corrected chi connectivity index (χ2v) is 9.21. The molecule has 0 aliphatic carbocycles. The van der Waals surface area contributed by atoms with E-state index in [-0.39, 0.29) is 29.5 Å². The van der Waals surface area contributed by atoms with Gasteiger partial charge in [-0.3, -0.25) is 4.79 Å². The average Bonchev–Trinajstić information content (AvgIpc) is 2.95. The Hall–Kier alpha value is -1.52. The van der Waals surface area contributed by atoms with Crippen LogP contribution in [-0.2, 0) is 16.6 Å². The second kappa shape index (κ2) is 8.45. The molecule has 1 aromatic heterocycles. The number of amides is 1. The number of anilines is 1. The van der Waals surface area contributed by atoms with Crippen LogP contribution in [0.3, 0.4) is 0 Å². The molecule has 0 aliphatic rings. The Balaban J connectivity index is 0.00000338. The van der Waals surface area contributed by atoms with Gasteiger partial charge in [0.25, 0.3) is 5.91 Å². The van der Waals surface area contributed by atoms with E-state index < -0.39 is 21.5 Å². The molecular weight excluding hydrogens is 396 g/mol. The summed E-state index contributed by atoms with van der Waals surface area (Å²) >= 11 is 1.30. The van der Waals surface area contributed by atoms with Gasteiger partial charge >= 0.3 is 0 Å². The van der Waals surface area contributed by atoms with Crippen LogP contribution in [0.25, 0.3) is 0 Å². The number of aromatic nitrogens is 1. The fourth-order valence-corrected chi connectivity index (χ4v) is 4.47. The molecule has 144 valence electrons. The van der Waals surface area contributed by atoms with Gasteiger partial charge in [-0.05, 0) is 45.4 Å². The molecule has 0 spiro atoms. The van der Waals surface area contributed by atoms with Crippen LogP contribution < -0.4 is 15.8 Å². The SMILES string of the molecule is Cc1ccc(NC(=O)c2csc(CN)n2)cc1S(=O)(=O)NC(C)(C)C.Cl. The van der Waals surface area contributed by atoms with Crippen molar-refractivity contribution in [3.8, 4) is 0 Å². The molecule has 1 heterocycles. The fourth-order valence-electron chi connectivity index (χ4n) is 2.13. The maximum atomic E-state index is 12.6. The van der Waals surface area contributed by atoms with Crippen molar-refractivity contribution >= 4 is 45.4 Å². The van der Waals surface area contributed by atoms with Gasteiger partial charge in [0.05, 0.1) is 4.90 Å². The molecule has 1 aromatic carbocycles. The van der Waals surface area contributed by atoms with Crippen LogP contribution >= 0.6 is 23.7 Å². The van der Waals surface area contributed by atoms with Crippen molar-refractivity contribution in [1.82, 2.24) is 9.71 Å². The van der Waals surface area contributed by atoms with Crippen molar-refractivity contribution in [1.29, 1.82) is 0 Å². The molecule has 2 aromatic rings. The van der Waals surface area contributed by atoms with E-state index in [1.807, 2.05) is 0 Å². The minimum atomic E-state index is -3.70. The summed E-state index contributed by atoms with van der Waals surface area (Å²) in [5, 5.41) is 4.94. The number of rotatable bonds is 5. The first-order valence-electron chi connectivity index (χ1n) is 7.62. The van der Waals surface area contributed by atoms with Gasteiger partial charge in [0.15, 0.2) is 0 Å². The van der Waals surface area contributed by atoms with Crippen molar-refractivity contribution in [3.63, 3.8) is 0 Å². The normalized spacial score (nSPS) is 11.7. The van der Waals surface area contributed by atoms with Gasteiger partial charge in [-0.1, -0.05) is 6.07 Å². The zero-order chi connectivity index (χ0) is 18.8. The predicted molar refractivity (Wildman–Crippen MR) is 106 cm³/mol. The highest BCUT2D eigenvalue weighted by Crippen LogP contribution is 2.22. The summed E-state index contributed by atoms with van der Waals surface area (Å²) in [7, 11) is -3.70. The molecule has 2 rings (SSSR count). The number of sulfonamides is 1. The van der Waals surface area contributed by atoms with E-state index >= 15 is 0 Å². The Morgan fingerprint density at radius 2 is 1.96 bits per heavy atom. The van der Waals surface area contributed by atoms with Gasteiger partial charge in [0.2, 0.25) is 10.0 Å². The lowest BCUT2D eigenvalue weighted by Gasteiger charge is -2.21. The Labute approximate surface area is 163 Å². The van der Waals surface area contributed by atoms with Crippen LogP contribution in [0.4, 0.5) is 5.69 Å². The zero-order valence-corrected chi connectivity index (χ0v) is 17.4. The quantitative estimate of drug-likeness (QED) is 0.690. The number of carbonyl (C=O) groups excluding carboxylic acids is 1. The first-order chi connectivity index (χ1) is 11.5. The maximum Gasteiger partial charge on any atom is 0.275 e. The topological polar surface area (TPSA) is 114 Å². The number of hydrogen-bond donors (Lipinski definition) is 3. The molecule has 0 unspecified atom stereocenters. The average molecular weight is 419 g/mol. The van der Waals surface area contributed by atoms with Crippen LogP contribution in [0, 0.1) is 6.92 Å². The number of nitrogens with two attached hydrogens (primary N) is 1. The Morgan fingerprint density at radius 3 is 2.50 bits per heavy atom. The van der Waals surface area contributed by atoms with Gasteiger partial charge < -0.3 is 11.1 Å². The Bertz CT molecular complexity index is 889. The monoisotopic (exact) mass is 418 g/mol. The number of hydrogen-bond acceptors (Lipinski definition) is 6. The van der Waals surface area contributed by atoms with Gasteiger partial charge in [-0.15, -0.1) is 23.7 Å². The molecular formula is C16H23ClN4O3S2. The summed E-state index contributed by atoms with van der Waals surface area (Å²) in [6.45, 7) is 7.27. The number of nitrogens with one attached hydrogen (secondary N) is 2. The molecule has 0 atom stereocenters. The zero-order valence-electron chi connectivity index (χ0n) is 15.0. The second-order valence-electron chi connectivity index (χ2n) is 6.62. The van der Waals surface area contributed by atoms with E-state index in [0.717, 1.165) is 0 Å². The smallest absolute Gasteiger partial charge is 0.275 e. The summed E-state index contributed by atoms with van der Waals surface area (Å²) in [6, 6.07) is 4.75. The number of thiazole rings is 1. The third-order valence-corrected chi connectivity index (χ3v) is 5.91. The highest BCUT2D eigenvalue weighted by Gasteiger charge is 2.24. The van der Waals surface area contributed by atoms with Crippen molar-refractivity contribution < 1.29 is 13.2 Å². The summed E-state index contributed by atoms with van der Waals surface area (Å²) < 4.78 is 27.8. The molecule has 0 aliphatic heterocycles. The molecule has 0 radical (unpaired) electrons. The highest BCUT2D eigenvalue weighted by atomic mass is 35.5. The molecule has 7 nitrogen and oxygen atoms in total. The van der Waals surface area contributed by atoms with Crippen LogP contribution in [0.1, 0.15) is 41.8 Å². The van der Waals surface area contributed by atoms with Crippen LogP contribution in [0.2, 0.25) is 0 Å². The first-order valence-corrected chi connectivity index (χ1v) is 9.98. The molecule has 10 heteroatoms. The maximum absolute atomic E-state index is 12.6. The van der Waals surface area contributed by atoms with Crippen LogP contribution in [0.15, 0.2) is 28.5 Å². The molecule has 0 saturated carbocycles. The van der Waals surface area contributed by atoms with Crippen molar-refractivity contribution in [2.75, 3.05) is 5.32 Å². The molecule has 1 amide bonds. The summed E-state index contributed by atoms with van der Waals surface area (Å²) in [5.74, 6) is -0.410. The Kier molecular flexibility index (Phi) is 7.32. The number of benzene rings is 1. The van der Waals surface area contributed by atoms with E-state index in [4.69, 9.17) is 5.73 Å². The number of halogens is 1. The summed E-state index contributed by atoms with van der Waals surface area (Å²) in [6.07, 6.45) is 0. The molecule has 26 heavy (non-hydrogen) atoms. The predicted octanol–water partition coefficient (Wildman–Crippen LogP) is 2.66. The first kappa shape index (κ1) is 22.5. The van der Waals surface area contributed by atoms with Gasteiger partial charge in [0.1, 0.15) is 10.7 Å². The number of nitrogens with zero attached hydrogens (tertiary/aromatic N) is 1. The highest BCUT2D eigenvalue weighted by molar-refractivity contribution is 7.89. The standard InChI is InChI=1S/C16H22N4O3S2.ClH/c1-10-5-6-11(7-13(10)25(22,23)20-16(2,3)4)18-15(21)12-9-24-14(8-17)19-12;/h5-7,9,20H,8,17H2,1-4H3,(H,18,21);1H. The Morgan fingerprint density at radius 1 is 1.31 bits per heavy atom. The molecule has 4 N–H and O–H groups in total. The van der Waals surface area contributed by atoms with E-state index in [0.29, 0.717) is 16.3 Å². The van der Waals surface area contributed by atoms with E-state index in [9.17, 15) is 13.2 Å². The third-order valence-electron chi connectivity index (χ3n) is 3.14. The third kappa shape index (κ3) is 5.75. The molecule has 0 fully saturated rings. The lowest BCUT2D eigenvalue weighted by atomic mass is 10.1. The van der Waals surface area contributed by atoms with E-state index in [1.165, 1.54) is 17.4 Å². The van der Waals surface area contributed by atoms with Gasteiger partial charge in [0, 0.05) is 23.2 Å². The lowest BCUT2D eigenvalue weighted by molar-refractivity contribution is 0.102. The van der Waals surface area contributed by atoms with Crippen LogP contribution in [0.5, 0.6) is 0 Å². The lowest BCUT2D eigenvalue weighted by Crippen LogP contribution is -2.40. The van der Waals surface area contributed by atoms with Crippen LogP contribution in [-0.4, -0.2) is 24.8 Å². The van der Waals surface area contributed by atoms with Crippen molar-refractivity contribution in [2.45, 2.75) is 44.7 Å². The summed E-state index contributed by atoms with van der Waals surface area (Å²) in [4.78, 5) is 16.5. The van der Waals surface area contributed by atoms with E-state index in [1.54, 1.807) is 45.2 Å². The summed E-state index contributed by atoms with van der Waals surface area (Å²) in [5.41, 5.74) is 6.11. The van der Waals surface area contributed by atoms with Gasteiger partial charge in [-0.25, -0.2) is 18.1 Å². The molecule has 0 saturated heterocycles. The minimum absolute atomic E-state index is 0. The number of aryl methyl sites for hydroxylation is 1.